The predicted octanol–water partition coefficient (Wildman–Crippen LogP) is 1.95. The molecule has 2 aromatic heterocycles. The Hall–Kier alpha value is -2.80. The third-order valence-electron chi connectivity index (χ3n) is 4.39. The van der Waals surface area contributed by atoms with Gasteiger partial charge in [0.05, 0.1) is 24.1 Å². The predicted molar refractivity (Wildman–Crippen MR) is 85.8 cm³/mol. The van der Waals surface area contributed by atoms with Crippen LogP contribution < -0.4 is 5.73 Å². The summed E-state index contributed by atoms with van der Waals surface area (Å²) in [5.74, 6) is -1.03. The van der Waals surface area contributed by atoms with Crippen LogP contribution in [0.2, 0.25) is 0 Å². The SMILES string of the molecule is Cn1nc(F)c2ccc(-c3cnc(C(N)=O)c4c3COCC4)cc21. The van der Waals surface area contributed by atoms with Gasteiger partial charge in [0.25, 0.3) is 5.91 Å². The number of fused-ring (bicyclic) bond motifs is 2. The van der Waals surface area contributed by atoms with Gasteiger partial charge in [0.2, 0.25) is 5.95 Å². The van der Waals surface area contributed by atoms with Crippen LogP contribution in [0.1, 0.15) is 21.6 Å². The number of aryl methyl sites for hydroxylation is 1. The maximum absolute atomic E-state index is 13.7. The number of nitrogens with zero attached hydrogens (tertiary/aromatic N) is 3. The highest BCUT2D eigenvalue weighted by atomic mass is 19.1. The summed E-state index contributed by atoms with van der Waals surface area (Å²) < 4.78 is 20.8. The van der Waals surface area contributed by atoms with Crippen LogP contribution in [-0.4, -0.2) is 27.3 Å². The average molecular weight is 326 g/mol. The molecule has 1 aliphatic rings. The van der Waals surface area contributed by atoms with Gasteiger partial charge in [-0.1, -0.05) is 6.07 Å². The Balaban J connectivity index is 1.93. The molecule has 0 radical (unpaired) electrons. The van der Waals surface area contributed by atoms with Crippen molar-refractivity contribution in [3.8, 4) is 11.1 Å². The molecule has 24 heavy (non-hydrogen) atoms. The highest BCUT2D eigenvalue weighted by Gasteiger charge is 2.22. The second-order valence-electron chi connectivity index (χ2n) is 5.79. The fourth-order valence-corrected chi connectivity index (χ4v) is 3.21. The Bertz CT molecular complexity index is 980. The molecule has 0 saturated carbocycles. The lowest BCUT2D eigenvalue weighted by Gasteiger charge is -2.21. The molecule has 1 aromatic carbocycles. The lowest BCUT2D eigenvalue weighted by atomic mass is 9.93. The first-order chi connectivity index (χ1) is 11.6. The number of rotatable bonds is 2. The zero-order chi connectivity index (χ0) is 16.8. The maximum Gasteiger partial charge on any atom is 0.267 e. The van der Waals surface area contributed by atoms with Crippen molar-refractivity contribution >= 4 is 16.8 Å². The van der Waals surface area contributed by atoms with Crippen LogP contribution in [0.5, 0.6) is 0 Å². The van der Waals surface area contributed by atoms with Gasteiger partial charge in [-0.05, 0) is 35.2 Å². The molecule has 0 fully saturated rings. The van der Waals surface area contributed by atoms with Crippen molar-refractivity contribution in [2.75, 3.05) is 6.61 Å². The van der Waals surface area contributed by atoms with Crippen molar-refractivity contribution in [3.63, 3.8) is 0 Å². The van der Waals surface area contributed by atoms with E-state index in [1.165, 1.54) is 4.68 Å². The number of nitrogens with two attached hydrogens (primary N) is 1. The fourth-order valence-electron chi connectivity index (χ4n) is 3.21. The summed E-state index contributed by atoms with van der Waals surface area (Å²) in [4.78, 5) is 15.9. The van der Waals surface area contributed by atoms with Crippen LogP contribution in [0, 0.1) is 5.95 Å². The van der Waals surface area contributed by atoms with Crippen LogP contribution >= 0.6 is 0 Å². The summed E-state index contributed by atoms with van der Waals surface area (Å²) in [6.07, 6.45) is 2.22. The summed E-state index contributed by atoms with van der Waals surface area (Å²) in [6.45, 7) is 0.926. The lowest BCUT2D eigenvalue weighted by Crippen LogP contribution is -2.21. The lowest BCUT2D eigenvalue weighted by molar-refractivity contribution is 0.0979. The Labute approximate surface area is 137 Å². The van der Waals surface area contributed by atoms with Crippen LogP contribution in [0.15, 0.2) is 24.4 Å². The normalized spacial score (nSPS) is 13.9. The standard InChI is InChI=1S/C17H15FN4O2/c1-22-14-6-9(2-3-11(14)16(18)21-22)12-7-20-15(17(19)23)10-4-5-24-8-13(10)12/h2-3,6-7H,4-5,8H2,1H3,(H2,19,23). The second kappa shape index (κ2) is 5.38. The molecule has 0 atom stereocenters. The largest absolute Gasteiger partial charge is 0.376 e. The molecule has 1 amide bonds. The number of carbonyl (C=O) groups is 1. The molecule has 3 heterocycles. The number of pyridine rings is 1. The van der Waals surface area contributed by atoms with Crippen LogP contribution in [0.25, 0.3) is 22.0 Å². The van der Waals surface area contributed by atoms with E-state index in [0.29, 0.717) is 36.2 Å². The number of hydrogen-bond acceptors (Lipinski definition) is 4. The van der Waals surface area contributed by atoms with Gasteiger partial charge >= 0.3 is 0 Å². The van der Waals surface area contributed by atoms with Crippen molar-refractivity contribution in [1.29, 1.82) is 0 Å². The monoisotopic (exact) mass is 326 g/mol. The van der Waals surface area contributed by atoms with Gasteiger partial charge in [0.1, 0.15) is 5.69 Å². The molecule has 2 N–H and O–H groups in total. The molecule has 3 aromatic rings. The van der Waals surface area contributed by atoms with E-state index in [2.05, 4.69) is 10.1 Å². The van der Waals surface area contributed by atoms with E-state index in [1.54, 1.807) is 19.3 Å². The van der Waals surface area contributed by atoms with Crippen LogP contribution in [0.4, 0.5) is 4.39 Å². The first-order valence-corrected chi connectivity index (χ1v) is 7.57. The van der Waals surface area contributed by atoms with Crippen LogP contribution in [0.3, 0.4) is 0 Å². The maximum atomic E-state index is 13.7. The number of halogens is 1. The third kappa shape index (κ3) is 2.16. The van der Waals surface area contributed by atoms with Gasteiger partial charge in [0, 0.05) is 18.8 Å². The molecule has 7 heteroatoms. The van der Waals surface area contributed by atoms with Gasteiger partial charge in [-0.2, -0.15) is 4.39 Å². The second-order valence-corrected chi connectivity index (χ2v) is 5.79. The highest BCUT2D eigenvalue weighted by Crippen LogP contribution is 2.32. The molecule has 0 aliphatic carbocycles. The van der Waals surface area contributed by atoms with E-state index in [1.807, 2.05) is 12.1 Å². The van der Waals surface area contributed by atoms with Crippen molar-refractivity contribution in [3.05, 3.63) is 47.2 Å². The number of aromatic nitrogens is 3. The van der Waals surface area contributed by atoms with E-state index in [9.17, 15) is 9.18 Å². The van der Waals surface area contributed by atoms with E-state index < -0.39 is 11.9 Å². The average Bonchev–Trinajstić information content (AvgIpc) is 2.87. The molecule has 0 unspecified atom stereocenters. The number of amides is 1. The number of hydrogen-bond donors (Lipinski definition) is 1. The fraction of sp³-hybridized carbons (Fsp3) is 0.235. The number of benzene rings is 1. The quantitative estimate of drug-likeness (QED) is 0.780. The van der Waals surface area contributed by atoms with Crippen molar-refractivity contribution in [2.45, 2.75) is 13.0 Å². The Morgan fingerprint density at radius 1 is 1.38 bits per heavy atom. The third-order valence-corrected chi connectivity index (χ3v) is 4.39. The van der Waals surface area contributed by atoms with Gasteiger partial charge in [-0.25, -0.2) is 0 Å². The van der Waals surface area contributed by atoms with E-state index in [4.69, 9.17) is 10.5 Å². The summed E-state index contributed by atoms with van der Waals surface area (Å²) in [6, 6.07) is 5.38. The van der Waals surface area contributed by atoms with Gasteiger partial charge < -0.3 is 10.5 Å². The van der Waals surface area contributed by atoms with E-state index in [-0.39, 0.29) is 0 Å². The summed E-state index contributed by atoms with van der Waals surface area (Å²) >= 11 is 0. The minimum Gasteiger partial charge on any atom is -0.376 e. The first kappa shape index (κ1) is 14.8. The summed E-state index contributed by atoms with van der Waals surface area (Å²) in [7, 11) is 1.70. The van der Waals surface area contributed by atoms with Crippen molar-refractivity contribution in [2.24, 2.45) is 12.8 Å². The topological polar surface area (TPSA) is 83.0 Å². The summed E-state index contributed by atoms with van der Waals surface area (Å²) in [5.41, 5.74) is 9.89. The van der Waals surface area contributed by atoms with Gasteiger partial charge in [0.15, 0.2) is 0 Å². The molecular weight excluding hydrogens is 311 g/mol. The molecular formula is C17H15FN4O2. The number of primary amides is 1. The zero-order valence-corrected chi connectivity index (χ0v) is 13.0. The molecule has 0 spiro atoms. The highest BCUT2D eigenvalue weighted by molar-refractivity contribution is 5.94. The van der Waals surface area contributed by atoms with Crippen molar-refractivity contribution < 1.29 is 13.9 Å². The molecule has 0 saturated heterocycles. The minimum atomic E-state index is -0.538. The minimum absolute atomic E-state index is 0.296. The van der Waals surface area contributed by atoms with Crippen LogP contribution in [-0.2, 0) is 24.8 Å². The Morgan fingerprint density at radius 3 is 3.00 bits per heavy atom. The smallest absolute Gasteiger partial charge is 0.267 e. The zero-order valence-electron chi connectivity index (χ0n) is 13.0. The molecule has 6 nitrogen and oxygen atoms in total. The molecule has 122 valence electrons. The number of ether oxygens (including phenoxy) is 1. The van der Waals surface area contributed by atoms with Gasteiger partial charge in [-0.15, -0.1) is 5.10 Å². The molecule has 1 aliphatic heterocycles. The molecule has 0 bridgehead atoms. The first-order valence-electron chi connectivity index (χ1n) is 7.57. The Kier molecular flexibility index (Phi) is 3.31. The Morgan fingerprint density at radius 2 is 2.21 bits per heavy atom. The summed E-state index contributed by atoms with van der Waals surface area (Å²) in [5, 5.41) is 4.26. The number of carbonyl (C=O) groups excluding carboxylic acids is 1. The van der Waals surface area contributed by atoms with Crippen molar-refractivity contribution in [1.82, 2.24) is 14.8 Å². The molecule has 4 rings (SSSR count). The van der Waals surface area contributed by atoms with Gasteiger partial charge in [-0.3, -0.25) is 14.5 Å². The van der Waals surface area contributed by atoms with E-state index in [0.717, 1.165) is 22.3 Å². The van der Waals surface area contributed by atoms with E-state index >= 15 is 0 Å².